The van der Waals surface area contributed by atoms with E-state index in [9.17, 15) is 4.79 Å². The van der Waals surface area contributed by atoms with Crippen molar-refractivity contribution >= 4 is 30.1 Å². The first-order valence-electron chi connectivity index (χ1n) is 6.47. The molecule has 0 aromatic heterocycles. The van der Waals surface area contributed by atoms with Crippen molar-refractivity contribution in [2.45, 2.75) is 13.5 Å². The van der Waals surface area contributed by atoms with Crippen LogP contribution in [0.5, 0.6) is 0 Å². The highest BCUT2D eigenvalue weighted by atomic mass is 35.5. The van der Waals surface area contributed by atoms with Crippen molar-refractivity contribution in [3.63, 3.8) is 0 Å². The topological polar surface area (TPSA) is 69.6 Å². The van der Waals surface area contributed by atoms with Crippen molar-refractivity contribution in [3.05, 3.63) is 64.2 Å². The van der Waals surface area contributed by atoms with Gasteiger partial charge in [0.25, 0.3) is 5.91 Å². The summed E-state index contributed by atoms with van der Waals surface area (Å²) < 4.78 is 0. The molecule has 4 nitrogen and oxygen atoms in total. The van der Waals surface area contributed by atoms with E-state index in [0.717, 1.165) is 11.1 Å². The van der Waals surface area contributed by atoms with E-state index >= 15 is 0 Å². The smallest absolute Gasteiger partial charge is 0.423 e. The molecule has 0 bridgehead atoms. The second-order valence-electron chi connectivity index (χ2n) is 4.72. The lowest BCUT2D eigenvalue weighted by Crippen LogP contribution is -2.31. The highest BCUT2D eigenvalue weighted by molar-refractivity contribution is 6.62. The Labute approximate surface area is 128 Å². The Hall–Kier alpha value is -1.82. The maximum atomic E-state index is 12.1. The van der Waals surface area contributed by atoms with Crippen molar-refractivity contribution in [2.24, 2.45) is 0 Å². The molecule has 6 heteroatoms. The van der Waals surface area contributed by atoms with E-state index in [4.69, 9.17) is 21.6 Å². The summed E-state index contributed by atoms with van der Waals surface area (Å²) in [5, 5.41) is 21.1. The Morgan fingerprint density at radius 1 is 1.24 bits per heavy atom. The fraction of sp³-hybridized carbons (Fsp3) is 0.133. The average molecular weight is 304 g/mol. The van der Waals surface area contributed by atoms with Crippen molar-refractivity contribution < 1.29 is 14.8 Å². The maximum absolute atomic E-state index is 12.1. The third kappa shape index (κ3) is 3.85. The van der Waals surface area contributed by atoms with Crippen LogP contribution < -0.4 is 10.8 Å². The Morgan fingerprint density at radius 3 is 2.57 bits per heavy atom. The molecule has 0 radical (unpaired) electrons. The van der Waals surface area contributed by atoms with Crippen LogP contribution in [0.3, 0.4) is 0 Å². The number of carbonyl (C=O) groups is 1. The van der Waals surface area contributed by atoms with Gasteiger partial charge in [0, 0.05) is 22.6 Å². The van der Waals surface area contributed by atoms with Gasteiger partial charge < -0.3 is 15.4 Å². The Kier molecular flexibility index (Phi) is 5.01. The van der Waals surface area contributed by atoms with Crippen molar-refractivity contribution in [2.75, 3.05) is 0 Å². The molecule has 0 heterocycles. The fourth-order valence-electron chi connectivity index (χ4n) is 1.96. The minimum absolute atomic E-state index is 0.147. The molecular formula is C15H15BClNO3. The van der Waals surface area contributed by atoms with E-state index in [1.165, 1.54) is 18.2 Å². The molecule has 3 N–H and O–H groups in total. The lowest BCUT2D eigenvalue weighted by Gasteiger charge is -2.09. The van der Waals surface area contributed by atoms with Crippen LogP contribution in [0.2, 0.25) is 5.02 Å². The molecule has 2 aromatic rings. The molecule has 2 rings (SSSR count). The van der Waals surface area contributed by atoms with Crippen molar-refractivity contribution in [1.82, 2.24) is 5.32 Å². The number of aryl methyl sites for hydroxylation is 1. The van der Waals surface area contributed by atoms with E-state index in [0.29, 0.717) is 12.1 Å². The lowest BCUT2D eigenvalue weighted by molar-refractivity contribution is 0.0951. The maximum Gasteiger partial charge on any atom is 0.489 e. The number of hydrogen-bond acceptors (Lipinski definition) is 3. The van der Waals surface area contributed by atoms with Gasteiger partial charge in [-0.3, -0.25) is 4.79 Å². The molecule has 108 valence electrons. The van der Waals surface area contributed by atoms with E-state index in [-0.39, 0.29) is 16.4 Å². The molecule has 2 aromatic carbocycles. The standard InChI is InChI=1S/C15H15BClNO3/c1-10-4-2-3-5-12(10)9-18-15(19)11-6-7-13(16(20)21)14(17)8-11/h2-8,20-21H,9H2,1H3,(H,18,19). The van der Waals surface area contributed by atoms with Gasteiger partial charge in [-0.15, -0.1) is 0 Å². The number of rotatable bonds is 4. The zero-order valence-electron chi connectivity index (χ0n) is 11.5. The van der Waals surface area contributed by atoms with Crippen molar-refractivity contribution in [1.29, 1.82) is 0 Å². The van der Waals surface area contributed by atoms with Gasteiger partial charge in [-0.2, -0.15) is 0 Å². The molecule has 1 amide bonds. The van der Waals surface area contributed by atoms with Gasteiger partial charge in [0.1, 0.15) is 0 Å². The first-order valence-corrected chi connectivity index (χ1v) is 6.85. The molecule has 0 unspecified atom stereocenters. The van der Waals surface area contributed by atoms with Gasteiger partial charge in [-0.25, -0.2) is 0 Å². The summed E-state index contributed by atoms with van der Waals surface area (Å²) in [5.41, 5.74) is 2.69. The van der Waals surface area contributed by atoms with Gasteiger partial charge in [0.05, 0.1) is 0 Å². The number of hydrogen-bond donors (Lipinski definition) is 3. The van der Waals surface area contributed by atoms with Crippen LogP contribution in [-0.2, 0) is 6.54 Å². The lowest BCUT2D eigenvalue weighted by atomic mass is 9.80. The summed E-state index contributed by atoms with van der Waals surface area (Å²) in [4.78, 5) is 12.1. The van der Waals surface area contributed by atoms with E-state index in [1.54, 1.807) is 0 Å². The summed E-state index contributed by atoms with van der Waals surface area (Å²) in [6.07, 6.45) is 0. The highest BCUT2D eigenvalue weighted by Gasteiger charge is 2.16. The summed E-state index contributed by atoms with van der Waals surface area (Å²) in [6.45, 7) is 2.41. The minimum Gasteiger partial charge on any atom is -0.423 e. The summed E-state index contributed by atoms with van der Waals surface area (Å²) in [6, 6.07) is 12.2. The normalized spacial score (nSPS) is 10.3. The molecule has 0 aliphatic heterocycles. The van der Waals surface area contributed by atoms with Gasteiger partial charge in [-0.1, -0.05) is 41.9 Å². The summed E-state index contributed by atoms with van der Waals surface area (Å²) in [7, 11) is -1.65. The quantitative estimate of drug-likeness (QED) is 0.745. The number of benzene rings is 2. The molecule has 0 saturated heterocycles. The third-order valence-electron chi connectivity index (χ3n) is 3.24. The SMILES string of the molecule is Cc1ccccc1CNC(=O)c1ccc(B(O)O)c(Cl)c1. The molecule has 0 spiro atoms. The molecule has 0 saturated carbocycles. The third-order valence-corrected chi connectivity index (χ3v) is 3.57. The van der Waals surface area contributed by atoms with E-state index in [1.807, 2.05) is 31.2 Å². The number of carbonyl (C=O) groups excluding carboxylic acids is 1. The second-order valence-corrected chi connectivity index (χ2v) is 5.13. The van der Waals surface area contributed by atoms with Gasteiger partial charge in [0.15, 0.2) is 0 Å². The summed E-state index contributed by atoms with van der Waals surface area (Å²) in [5.74, 6) is -0.265. The van der Waals surface area contributed by atoms with Crippen LogP contribution in [0.1, 0.15) is 21.5 Å². The van der Waals surface area contributed by atoms with Gasteiger partial charge >= 0.3 is 7.12 Å². The van der Waals surface area contributed by atoms with Crippen LogP contribution in [0.4, 0.5) is 0 Å². The van der Waals surface area contributed by atoms with E-state index < -0.39 is 7.12 Å². The largest absolute Gasteiger partial charge is 0.489 e. The predicted octanol–water partition coefficient (Wildman–Crippen LogP) is 1.26. The molecule has 0 aliphatic rings. The minimum atomic E-state index is -1.65. The van der Waals surface area contributed by atoms with Crippen LogP contribution in [0.15, 0.2) is 42.5 Å². The van der Waals surface area contributed by atoms with Gasteiger partial charge in [-0.05, 0) is 30.2 Å². The Morgan fingerprint density at radius 2 is 1.95 bits per heavy atom. The van der Waals surface area contributed by atoms with E-state index in [2.05, 4.69) is 5.32 Å². The molecule has 21 heavy (non-hydrogen) atoms. The van der Waals surface area contributed by atoms with Gasteiger partial charge in [0.2, 0.25) is 0 Å². The zero-order chi connectivity index (χ0) is 15.4. The van der Waals surface area contributed by atoms with Crippen molar-refractivity contribution in [3.8, 4) is 0 Å². The van der Waals surface area contributed by atoms with Crippen LogP contribution in [0.25, 0.3) is 0 Å². The summed E-state index contributed by atoms with van der Waals surface area (Å²) >= 11 is 5.91. The average Bonchev–Trinajstić information content (AvgIpc) is 2.45. The molecule has 0 fully saturated rings. The predicted molar refractivity (Wildman–Crippen MR) is 83.6 cm³/mol. The first-order chi connectivity index (χ1) is 9.99. The number of halogens is 1. The molecule has 0 atom stereocenters. The molecule has 0 aliphatic carbocycles. The second kappa shape index (κ2) is 6.76. The van der Waals surface area contributed by atoms with Crippen LogP contribution in [0, 0.1) is 6.92 Å². The number of nitrogens with one attached hydrogen (secondary N) is 1. The molecular weight excluding hydrogens is 288 g/mol. The van der Waals surface area contributed by atoms with Crippen LogP contribution in [-0.4, -0.2) is 23.1 Å². The Bertz CT molecular complexity index is 661. The fourth-order valence-corrected chi connectivity index (χ4v) is 2.24. The number of amides is 1. The first kappa shape index (κ1) is 15.6. The Balaban J connectivity index is 2.07. The van der Waals surface area contributed by atoms with Crippen LogP contribution >= 0.6 is 11.6 Å². The monoisotopic (exact) mass is 303 g/mol. The zero-order valence-corrected chi connectivity index (χ0v) is 12.3. The highest BCUT2D eigenvalue weighted by Crippen LogP contribution is 2.11.